The number of anilines is 1. The van der Waals surface area contributed by atoms with Gasteiger partial charge in [0.25, 0.3) is 0 Å². The van der Waals surface area contributed by atoms with Gasteiger partial charge in [-0.2, -0.15) is 0 Å². The zero-order valence-electron chi connectivity index (χ0n) is 7.63. The molecule has 1 aliphatic rings. The molecule has 1 aliphatic carbocycles. The molecule has 0 radical (unpaired) electrons. The van der Waals surface area contributed by atoms with Crippen molar-refractivity contribution in [2.24, 2.45) is 11.7 Å². The lowest BCUT2D eigenvalue weighted by atomic mass is 10.0. The summed E-state index contributed by atoms with van der Waals surface area (Å²) in [7, 11) is 0. The number of rotatable bonds is 2. The Labute approximate surface area is 93.2 Å². The first kappa shape index (κ1) is 10.1. The standard InChI is InChI=1S/C10H12Cl2N2/c11-8-6(10(14)5-1-2-5)3-4-7(13)9(8)12/h3-5,10H,1-2,13-14H2/t10-/m0/s1. The number of nitrogens with two attached hydrogens (primary N) is 2. The van der Waals surface area contributed by atoms with E-state index in [2.05, 4.69) is 0 Å². The average Bonchev–Trinajstić information content (AvgIpc) is 2.97. The topological polar surface area (TPSA) is 52.0 Å². The maximum absolute atomic E-state index is 6.07. The van der Waals surface area contributed by atoms with Crippen LogP contribution in [-0.4, -0.2) is 0 Å². The highest BCUT2D eigenvalue weighted by atomic mass is 35.5. The molecule has 1 aromatic rings. The van der Waals surface area contributed by atoms with Crippen LogP contribution in [0.5, 0.6) is 0 Å². The maximum atomic E-state index is 6.07. The Kier molecular flexibility index (Phi) is 2.60. The zero-order chi connectivity index (χ0) is 10.3. The summed E-state index contributed by atoms with van der Waals surface area (Å²) in [4.78, 5) is 0. The number of halogens is 2. The second-order valence-corrected chi connectivity index (χ2v) is 4.49. The summed E-state index contributed by atoms with van der Waals surface area (Å²) >= 11 is 12.0. The Morgan fingerprint density at radius 1 is 1.21 bits per heavy atom. The molecule has 0 aromatic heterocycles. The quantitative estimate of drug-likeness (QED) is 0.768. The fraction of sp³-hybridized carbons (Fsp3) is 0.400. The van der Waals surface area contributed by atoms with Gasteiger partial charge in [-0.3, -0.25) is 0 Å². The third kappa shape index (κ3) is 1.70. The first-order valence-electron chi connectivity index (χ1n) is 4.60. The summed E-state index contributed by atoms with van der Waals surface area (Å²) in [6, 6.07) is 3.62. The van der Waals surface area contributed by atoms with Crippen molar-refractivity contribution in [2.75, 3.05) is 5.73 Å². The number of hydrogen-bond acceptors (Lipinski definition) is 2. The average molecular weight is 231 g/mol. The van der Waals surface area contributed by atoms with Crippen LogP contribution >= 0.6 is 23.2 Å². The molecule has 0 spiro atoms. The number of nitrogen functional groups attached to an aromatic ring is 1. The fourth-order valence-corrected chi connectivity index (χ4v) is 2.02. The third-order valence-electron chi connectivity index (χ3n) is 2.63. The highest BCUT2D eigenvalue weighted by molar-refractivity contribution is 6.44. The highest BCUT2D eigenvalue weighted by Crippen LogP contribution is 2.43. The van der Waals surface area contributed by atoms with Gasteiger partial charge in [0, 0.05) is 6.04 Å². The van der Waals surface area contributed by atoms with Gasteiger partial charge < -0.3 is 11.5 Å². The molecule has 2 rings (SSSR count). The van der Waals surface area contributed by atoms with Gasteiger partial charge >= 0.3 is 0 Å². The molecule has 0 aliphatic heterocycles. The minimum atomic E-state index is 0.000556. The minimum absolute atomic E-state index is 0.000556. The lowest BCUT2D eigenvalue weighted by Crippen LogP contribution is -2.13. The van der Waals surface area contributed by atoms with Crippen LogP contribution in [0.25, 0.3) is 0 Å². The van der Waals surface area contributed by atoms with Gasteiger partial charge in [-0.15, -0.1) is 0 Å². The largest absolute Gasteiger partial charge is 0.397 e. The first-order chi connectivity index (χ1) is 6.61. The Morgan fingerprint density at radius 2 is 1.86 bits per heavy atom. The van der Waals surface area contributed by atoms with Crippen LogP contribution in [0.2, 0.25) is 10.0 Å². The smallest absolute Gasteiger partial charge is 0.0824 e. The van der Waals surface area contributed by atoms with E-state index in [1.165, 1.54) is 12.8 Å². The summed E-state index contributed by atoms with van der Waals surface area (Å²) < 4.78 is 0. The minimum Gasteiger partial charge on any atom is -0.397 e. The molecule has 4 heteroatoms. The zero-order valence-corrected chi connectivity index (χ0v) is 9.15. The predicted molar refractivity (Wildman–Crippen MR) is 60.5 cm³/mol. The second-order valence-electron chi connectivity index (χ2n) is 3.74. The van der Waals surface area contributed by atoms with Gasteiger partial charge in [-0.1, -0.05) is 29.3 Å². The van der Waals surface area contributed by atoms with E-state index in [-0.39, 0.29) is 6.04 Å². The van der Waals surface area contributed by atoms with Crippen LogP contribution in [-0.2, 0) is 0 Å². The van der Waals surface area contributed by atoms with Crippen LogP contribution in [0, 0.1) is 5.92 Å². The normalized spacial score (nSPS) is 18.2. The molecule has 1 atom stereocenters. The Balaban J connectivity index is 2.38. The lowest BCUT2D eigenvalue weighted by Gasteiger charge is -2.14. The van der Waals surface area contributed by atoms with Crippen LogP contribution in [0.3, 0.4) is 0 Å². The predicted octanol–water partition coefficient (Wildman–Crippen LogP) is 2.99. The molecule has 0 unspecified atom stereocenters. The van der Waals surface area contributed by atoms with Crippen molar-refractivity contribution >= 4 is 28.9 Å². The maximum Gasteiger partial charge on any atom is 0.0824 e. The molecular weight excluding hydrogens is 219 g/mol. The van der Waals surface area contributed by atoms with Crippen molar-refractivity contribution in [2.45, 2.75) is 18.9 Å². The van der Waals surface area contributed by atoms with Crippen molar-refractivity contribution < 1.29 is 0 Å². The Bertz CT molecular complexity index is 361. The van der Waals surface area contributed by atoms with Crippen LogP contribution in [0.1, 0.15) is 24.4 Å². The summed E-state index contributed by atoms with van der Waals surface area (Å²) in [5.74, 6) is 0.562. The molecule has 76 valence electrons. The molecule has 0 bridgehead atoms. The van der Waals surface area contributed by atoms with E-state index in [4.69, 9.17) is 34.7 Å². The molecule has 0 heterocycles. The SMILES string of the molecule is Nc1ccc([C@@H](N)C2CC2)c(Cl)c1Cl. The van der Waals surface area contributed by atoms with Gasteiger partial charge in [0.2, 0.25) is 0 Å². The molecule has 1 aromatic carbocycles. The molecule has 1 fully saturated rings. The molecule has 1 saturated carbocycles. The van der Waals surface area contributed by atoms with Crippen LogP contribution in [0.4, 0.5) is 5.69 Å². The van der Waals surface area contributed by atoms with Crippen molar-refractivity contribution in [3.8, 4) is 0 Å². The van der Waals surface area contributed by atoms with E-state index in [9.17, 15) is 0 Å². The molecule has 4 N–H and O–H groups in total. The highest BCUT2D eigenvalue weighted by Gasteiger charge is 2.31. The van der Waals surface area contributed by atoms with Crippen molar-refractivity contribution in [1.29, 1.82) is 0 Å². The molecular formula is C10H12Cl2N2. The Hall–Kier alpha value is -0.440. The molecule has 0 amide bonds. The third-order valence-corrected chi connectivity index (χ3v) is 3.54. The van der Waals surface area contributed by atoms with Gasteiger partial charge in [-0.25, -0.2) is 0 Å². The van der Waals surface area contributed by atoms with Crippen molar-refractivity contribution in [3.05, 3.63) is 27.7 Å². The fourth-order valence-electron chi connectivity index (χ4n) is 1.55. The van der Waals surface area contributed by atoms with E-state index in [1.807, 2.05) is 6.07 Å². The first-order valence-corrected chi connectivity index (χ1v) is 5.36. The molecule has 0 saturated heterocycles. The van der Waals surface area contributed by atoms with E-state index in [0.717, 1.165) is 5.56 Å². The summed E-state index contributed by atoms with van der Waals surface area (Å²) in [5, 5.41) is 0.923. The van der Waals surface area contributed by atoms with E-state index >= 15 is 0 Å². The van der Waals surface area contributed by atoms with E-state index in [0.29, 0.717) is 21.7 Å². The van der Waals surface area contributed by atoms with E-state index < -0.39 is 0 Å². The van der Waals surface area contributed by atoms with Gasteiger partial charge in [0.15, 0.2) is 0 Å². The molecule has 2 nitrogen and oxygen atoms in total. The van der Waals surface area contributed by atoms with Crippen LogP contribution < -0.4 is 11.5 Å². The second kappa shape index (κ2) is 3.61. The summed E-state index contributed by atoms with van der Waals surface area (Å²) in [6.45, 7) is 0. The van der Waals surface area contributed by atoms with Gasteiger partial charge in [0.05, 0.1) is 15.7 Å². The van der Waals surface area contributed by atoms with Gasteiger partial charge in [-0.05, 0) is 30.4 Å². The van der Waals surface area contributed by atoms with Crippen LogP contribution in [0.15, 0.2) is 12.1 Å². The lowest BCUT2D eigenvalue weighted by molar-refractivity contribution is 0.634. The molecule has 14 heavy (non-hydrogen) atoms. The Morgan fingerprint density at radius 3 is 2.43 bits per heavy atom. The van der Waals surface area contributed by atoms with Crippen molar-refractivity contribution in [3.63, 3.8) is 0 Å². The summed E-state index contributed by atoms with van der Waals surface area (Å²) in [5.41, 5.74) is 13.1. The van der Waals surface area contributed by atoms with Crippen molar-refractivity contribution in [1.82, 2.24) is 0 Å². The van der Waals surface area contributed by atoms with E-state index in [1.54, 1.807) is 6.07 Å². The summed E-state index contributed by atoms with van der Waals surface area (Å²) in [6.07, 6.45) is 2.36. The number of benzene rings is 1. The monoisotopic (exact) mass is 230 g/mol. The van der Waals surface area contributed by atoms with Gasteiger partial charge in [0.1, 0.15) is 0 Å². The number of hydrogen-bond donors (Lipinski definition) is 2.